The van der Waals surface area contributed by atoms with E-state index >= 15 is 0 Å². The first-order valence-corrected chi connectivity index (χ1v) is 10.3. The standard InChI is InChI=1S/C17H29N5O3S/c1-20-12-18-19-17(20)26-11-16(25)22-7-14(15(8-22)10-24)6-21-4-2-13(9-23)3-5-21/h12-15,23-24H,2-11H2,1H3/t14-,15-/m0/s1. The minimum Gasteiger partial charge on any atom is -0.396 e. The Hall–Kier alpha value is -1.16. The van der Waals surface area contributed by atoms with Crippen molar-refractivity contribution in [3.05, 3.63) is 6.33 Å². The first-order chi connectivity index (χ1) is 12.6. The number of carbonyl (C=O) groups excluding carboxylic acids is 1. The van der Waals surface area contributed by atoms with E-state index in [2.05, 4.69) is 15.1 Å². The predicted molar refractivity (Wildman–Crippen MR) is 98.6 cm³/mol. The third-order valence-electron chi connectivity index (χ3n) is 5.62. The van der Waals surface area contributed by atoms with Gasteiger partial charge in [-0.25, -0.2) is 0 Å². The van der Waals surface area contributed by atoms with Crippen molar-refractivity contribution in [1.82, 2.24) is 24.6 Å². The van der Waals surface area contributed by atoms with Gasteiger partial charge in [-0.05, 0) is 37.8 Å². The third kappa shape index (κ3) is 4.76. The lowest BCUT2D eigenvalue weighted by Gasteiger charge is -2.33. The number of nitrogens with zero attached hydrogens (tertiary/aromatic N) is 5. The van der Waals surface area contributed by atoms with Gasteiger partial charge in [0.05, 0.1) is 5.75 Å². The number of piperidine rings is 1. The molecule has 0 bridgehead atoms. The lowest BCUT2D eigenvalue weighted by molar-refractivity contribution is -0.127. The molecule has 0 spiro atoms. The average Bonchev–Trinajstić information content (AvgIpc) is 3.26. The van der Waals surface area contributed by atoms with Crippen molar-refractivity contribution >= 4 is 17.7 Å². The van der Waals surface area contributed by atoms with Gasteiger partial charge < -0.3 is 24.6 Å². The highest BCUT2D eigenvalue weighted by molar-refractivity contribution is 7.99. The van der Waals surface area contributed by atoms with E-state index in [-0.39, 0.29) is 25.0 Å². The summed E-state index contributed by atoms with van der Waals surface area (Å²) in [6.45, 7) is 4.66. The number of rotatable bonds is 7. The molecule has 9 heteroatoms. The molecule has 0 aromatic carbocycles. The van der Waals surface area contributed by atoms with Crippen molar-refractivity contribution in [2.24, 2.45) is 24.8 Å². The summed E-state index contributed by atoms with van der Waals surface area (Å²) in [5.41, 5.74) is 0. The highest BCUT2D eigenvalue weighted by Gasteiger charge is 2.36. The molecule has 0 radical (unpaired) electrons. The lowest BCUT2D eigenvalue weighted by atomic mass is 9.93. The van der Waals surface area contributed by atoms with Crippen molar-refractivity contribution in [2.45, 2.75) is 18.0 Å². The van der Waals surface area contributed by atoms with Gasteiger partial charge in [0.25, 0.3) is 0 Å². The first-order valence-electron chi connectivity index (χ1n) is 9.29. The van der Waals surface area contributed by atoms with Crippen LogP contribution in [0, 0.1) is 17.8 Å². The minimum atomic E-state index is 0.0953. The Kier molecular flexibility index (Phi) is 6.91. The predicted octanol–water partition coefficient (Wildman–Crippen LogP) is -0.322. The number of aromatic nitrogens is 3. The normalized spacial score (nSPS) is 25.1. The number of hydrogen-bond donors (Lipinski definition) is 2. The van der Waals surface area contributed by atoms with Crippen LogP contribution in [0.2, 0.25) is 0 Å². The van der Waals surface area contributed by atoms with E-state index in [1.807, 2.05) is 11.9 Å². The van der Waals surface area contributed by atoms with Crippen LogP contribution in [0.5, 0.6) is 0 Å². The van der Waals surface area contributed by atoms with Crippen LogP contribution in [0.3, 0.4) is 0 Å². The fraction of sp³-hybridized carbons (Fsp3) is 0.824. The number of amides is 1. The van der Waals surface area contributed by atoms with Crippen LogP contribution in [0.15, 0.2) is 11.5 Å². The molecule has 2 fully saturated rings. The summed E-state index contributed by atoms with van der Waals surface area (Å²) >= 11 is 1.40. The largest absolute Gasteiger partial charge is 0.396 e. The number of thioether (sulfide) groups is 1. The van der Waals surface area contributed by atoms with Gasteiger partial charge in [0.1, 0.15) is 6.33 Å². The van der Waals surface area contributed by atoms with Gasteiger partial charge in [0, 0.05) is 45.8 Å². The molecule has 2 saturated heterocycles. The van der Waals surface area contributed by atoms with Crippen LogP contribution >= 0.6 is 11.8 Å². The first kappa shape index (κ1) is 19.6. The fourth-order valence-corrected chi connectivity index (χ4v) is 4.65. The van der Waals surface area contributed by atoms with Gasteiger partial charge in [-0.3, -0.25) is 4.79 Å². The lowest BCUT2D eigenvalue weighted by Crippen LogP contribution is -2.40. The molecule has 26 heavy (non-hydrogen) atoms. The monoisotopic (exact) mass is 383 g/mol. The quantitative estimate of drug-likeness (QED) is 0.623. The average molecular weight is 384 g/mol. The third-order valence-corrected chi connectivity index (χ3v) is 6.64. The maximum absolute atomic E-state index is 12.6. The van der Waals surface area contributed by atoms with Crippen molar-refractivity contribution < 1.29 is 15.0 Å². The van der Waals surface area contributed by atoms with Crippen molar-refractivity contribution in [3.63, 3.8) is 0 Å². The van der Waals surface area contributed by atoms with Crippen LogP contribution in [-0.2, 0) is 11.8 Å². The van der Waals surface area contributed by atoms with Crippen LogP contribution in [0.25, 0.3) is 0 Å². The van der Waals surface area contributed by atoms with E-state index in [1.165, 1.54) is 11.8 Å². The molecule has 0 saturated carbocycles. The maximum atomic E-state index is 12.6. The highest BCUT2D eigenvalue weighted by Crippen LogP contribution is 2.27. The molecule has 2 atom stereocenters. The summed E-state index contributed by atoms with van der Waals surface area (Å²) in [6.07, 6.45) is 3.69. The highest BCUT2D eigenvalue weighted by atomic mass is 32.2. The number of carbonyl (C=O) groups is 1. The van der Waals surface area contributed by atoms with Crippen LogP contribution in [0.4, 0.5) is 0 Å². The van der Waals surface area contributed by atoms with E-state index in [9.17, 15) is 15.0 Å². The van der Waals surface area contributed by atoms with Crippen molar-refractivity contribution in [2.75, 3.05) is 51.7 Å². The number of likely N-dealkylation sites (tertiary alicyclic amines) is 2. The molecule has 8 nitrogen and oxygen atoms in total. The summed E-state index contributed by atoms with van der Waals surface area (Å²) in [4.78, 5) is 16.9. The van der Waals surface area contributed by atoms with E-state index in [1.54, 1.807) is 10.9 Å². The fourth-order valence-electron chi connectivity index (χ4n) is 3.86. The zero-order chi connectivity index (χ0) is 18.5. The van der Waals surface area contributed by atoms with Crippen LogP contribution in [0.1, 0.15) is 12.8 Å². The molecule has 0 unspecified atom stereocenters. The SMILES string of the molecule is Cn1cnnc1SCC(=O)N1C[C@@H](CO)[C@@H](CN2CCC(CO)CC2)C1. The summed E-state index contributed by atoms with van der Waals surface area (Å²) < 4.78 is 1.80. The summed E-state index contributed by atoms with van der Waals surface area (Å²) in [5.74, 6) is 1.33. The molecule has 1 aromatic heterocycles. The molecular weight excluding hydrogens is 354 g/mol. The van der Waals surface area contributed by atoms with Gasteiger partial charge in [-0.15, -0.1) is 10.2 Å². The topological polar surface area (TPSA) is 94.7 Å². The molecule has 3 heterocycles. The summed E-state index contributed by atoms with van der Waals surface area (Å²) in [6, 6.07) is 0. The maximum Gasteiger partial charge on any atom is 0.233 e. The minimum absolute atomic E-state index is 0.0953. The van der Waals surface area contributed by atoms with Gasteiger partial charge >= 0.3 is 0 Å². The molecule has 2 N–H and O–H groups in total. The molecule has 2 aliphatic heterocycles. The smallest absolute Gasteiger partial charge is 0.233 e. The van der Waals surface area contributed by atoms with Crippen LogP contribution in [-0.4, -0.2) is 92.4 Å². The Labute approximate surface area is 158 Å². The van der Waals surface area contributed by atoms with Gasteiger partial charge in [0.15, 0.2) is 5.16 Å². The molecule has 1 amide bonds. The Morgan fingerprint density at radius 1 is 1.23 bits per heavy atom. The van der Waals surface area contributed by atoms with Crippen molar-refractivity contribution in [1.29, 1.82) is 0 Å². The molecule has 1 aromatic rings. The number of aliphatic hydroxyl groups excluding tert-OH is 2. The van der Waals surface area contributed by atoms with E-state index in [0.29, 0.717) is 30.7 Å². The van der Waals surface area contributed by atoms with Gasteiger partial charge in [-0.2, -0.15) is 0 Å². The number of aliphatic hydroxyl groups is 2. The summed E-state index contributed by atoms with van der Waals surface area (Å²) in [5, 5.41) is 27.6. The zero-order valence-electron chi connectivity index (χ0n) is 15.3. The second-order valence-electron chi connectivity index (χ2n) is 7.44. The van der Waals surface area contributed by atoms with E-state index in [4.69, 9.17) is 0 Å². The second-order valence-corrected chi connectivity index (χ2v) is 8.38. The van der Waals surface area contributed by atoms with E-state index < -0.39 is 0 Å². The Balaban J connectivity index is 1.48. The van der Waals surface area contributed by atoms with Crippen LogP contribution < -0.4 is 0 Å². The van der Waals surface area contributed by atoms with Gasteiger partial charge in [-0.1, -0.05) is 11.8 Å². The molecule has 2 aliphatic rings. The molecular formula is C17H29N5O3S. The number of aryl methyl sites for hydroxylation is 1. The molecule has 146 valence electrons. The second kappa shape index (κ2) is 9.16. The zero-order valence-corrected chi connectivity index (χ0v) is 16.1. The van der Waals surface area contributed by atoms with Crippen molar-refractivity contribution in [3.8, 4) is 0 Å². The number of hydrogen-bond acceptors (Lipinski definition) is 7. The van der Waals surface area contributed by atoms with E-state index in [0.717, 1.165) is 37.6 Å². The van der Waals surface area contributed by atoms with Gasteiger partial charge in [0.2, 0.25) is 5.91 Å². The molecule has 3 rings (SSSR count). The Morgan fingerprint density at radius 3 is 2.58 bits per heavy atom. The summed E-state index contributed by atoms with van der Waals surface area (Å²) in [7, 11) is 1.86. The Bertz CT molecular complexity index is 591. The Morgan fingerprint density at radius 2 is 1.96 bits per heavy atom. The molecule has 0 aliphatic carbocycles.